The molecular formula is C9H18N2O3. The van der Waals surface area contributed by atoms with Crippen molar-refractivity contribution in [3.63, 3.8) is 0 Å². The molecule has 5 heteroatoms. The van der Waals surface area contributed by atoms with Crippen molar-refractivity contribution in [1.82, 2.24) is 10.6 Å². The Hall–Kier alpha value is -0.650. The smallest absolute Gasteiger partial charge is 0.222 e. The van der Waals surface area contributed by atoms with Gasteiger partial charge in [-0.05, 0) is 6.42 Å². The maximum Gasteiger partial charge on any atom is 0.222 e. The molecule has 1 aliphatic rings. The van der Waals surface area contributed by atoms with E-state index in [1.54, 1.807) is 0 Å². The molecule has 14 heavy (non-hydrogen) atoms. The Kier molecular flexibility index (Phi) is 5.51. The molecule has 1 aliphatic heterocycles. The zero-order valence-corrected chi connectivity index (χ0v) is 8.29. The summed E-state index contributed by atoms with van der Waals surface area (Å²) >= 11 is 0. The lowest BCUT2D eigenvalue weighted by molar-refractivity contribution is -0.124. The number of rotatable bonds is 5. The average molecular weight is 202 g/mol. The number of carbonyl (C=O) groups is 1. The third kappa shape index (κ3) is 4.55. The van der Waals surface area contributed by atoms with Crippen LogP contribution in [-0.4, -0.2) is 50.0 Å². The van der Waals surface area contributed by atoms with E-state index in [9.17, 15) is 4.79 Å². The summed E-state index contributed by atoms with van der Waals surface area (Å²) in [7, 11) is 0. The van der Waals surface area contributed by atoms with E-state index in [1.807, 2.05) is 0 Å². The average Bonchev–Trinajstić information content (AvgIpc) is 2.20. The van der Waals surface area contributed by atoms with Crippen LogP contribution in [0.25, 0.3) is 0 Å². The van der Waals surface area contributed by atoms with E-state index in [4.69, 9.17) is 9.84 Å². The maximum atomic E-state index is 11.3. The van der Waals surface area contributed by atoms with E-state index in [2.05, 4.69) is 10.6 Å². The first-order valence-corrected chi connectivity index (χ1v) is 5.03. The lowest BCUT2D eigenvalue weighted by Gasteiger charge is -2.22. The van der Waals surface area contributed by atoms with Gasteiger partial charge in [-0.15, -0.1) is 0 Å². The molecule has 0 aromatic heterocycles. The van der Waals surface area contributed by atoms with E-state index in [1.165, 1.54) is 0 Å². The van der Waals surface area contributed by atoms with Crippen molar-refractivity contribution < 1.29 is 14.6 Å². The van der Waals surface area contributed by atoms with Crippen LogP contribution in [0.2, 0.25) is 0 Å². The highest BCUT2D eigenvalue weighted by molar-refractivity contribution is 5.76. The molecule has 1 saturated heterocycles. The van der Waals surface area contributed by atoms with Gasteiger partial charge < -0.3 is 20.5 Å². The van der Waals surface area contributed by atoms with Crippen LogP contribution in [0.15, 0.2) is 0 Å². The first-order chi connectivity index (χ1) is 6.83. The van der Waals surface area contributed by atoms with Gasteiger partial charge in [0.2, 0.25) is 5.91 Å². The minimum atomic E-state index is -0.00727. The molecule has 0 aromatic carbocycles. The summed E-state index contributed by atoms with van der Waals surface area (Å²) in [5.74, 6) is -0.00727. The fourth-order valence-corrected chi connectivity index (χ4v) is 1.34. The number of morpholine rings is 1. The van der Waals surface area contributed by atoms with Crippen LogP contribution in [0.3, 0.4) is 0 Å². The summed E-state index contributed by atoms with van der Waals surface area (Å²) in [6.45, 7) is 2.93. The third-order valence-electron chi connectivity index (χ3n) is 2.07. The lowest BCUT2D eigenvalue weighted by atomic mass is 10.2. The van der Waals surface area contributed by atoms with Gasteiger partial charge in [0.1, 0.15) is 0 Å². The number of carbonyl (C=O) groups excluding carboxylic acids is 1. The quantitative estimate of drug-likeness (QED) is 0.493. The van der Waals surface area contributed by atoms with E-state index in [0.717, 1.165) is 13.1 Å². The van der Waals surface area contributed by atoms with E-state index >= 15 is 0 Å². The minimum absolute atomic E-state index is 0.00197. The Morgan fingerprint density at radius 1 is 1.64 bits per heavy atom. The van der Waals surface area contributed by atoms with Crippen molar-refractivity contribution in [2.24, 2.45) is 0 Å². The van der Waals surface area contributed by atoms with Gasteiger partial charge >= 0.3 is 0 Å². The second kappa shape index (κ2) is 6.75. The molecule has 0 saturated carbocycles. The molecule has 1 amide bonds. The minimum Gasteiger partial charge on any atom is -0.396 e. The van der Waals surface area contributed by atoms with Crippen molar-refractivity contribution in [3.8, 4) is 0 Å². The highest BCUT2D eigenvalue weighted by Crippen LogP contribution is 2.00. The highest BCUT2D eigenvalue weighted by atomic mass is 16.5. The number of hydrogen-bond donors (Lipinski definition) is 3. The van der Waals surface area contributed by atoms with Crippen LogP contribution in [0.1, 0.15) is 12.8 Å². The van der Waals surface area contributed by atoms with Gasteiger partial charge in [0.15, 0.2) is 0 Å². The molecule has 0 bridgehead atoms. The van der Waals surface area contributed by atoms with Gasteiger partial charge in [0.25, 0.3) is 0 Å². The van der Waals surface area contributed by atoms with Gasteiger partial charge in [-0.2, -0.15) is 0 Å². The molecule has 0 radical (unpaired) electrons. The Morgan fingerprint density at radius 2 is 2.50 bits per heavy atom. The Morgan fingerprint density at radius 3 is 3.14 bits per heavy atom. The van der Waals surface area contributed by atoms with Gasteiger partial charge in [0.05, 0.1) is 19.1 Å². The first-order valence-electron chi connectivity index (χ1n) is 5.03. The topological polar surface area (TPSA) is 70.6 Å². The summed E-state index contributed by atoms with van der Waals surface area (Å²) in [6, 6.07) is 0. The molecular weight excluding hydrogens is 184 g/mol. The second-order valence-electron chi connectivity index (χ2n) is 3.33. The normalized spacial score (nSPS) is 21.9. The predicted molar refractivity (Wildman–Crippen MR) is 51.9 cm³/mol. The summed E-state index contributed by atoms with van der Waals surface area (Å²) in [5, 5.41) is 14.4. The standard InChI is InChI=1S/C9H18N2O3/c12-4-1-2-11-9(13)6-8-7-10-3-5-14-8/h8,10,12H,1-7H2,(H,11,13). The van der Waals surface area contributed by atoms with Gasteiger partial charge in [0, 0.05) is 26.2 Å². The summed E-state index contributed by atoms with van der Waals surface area (Å²) < 4.78 is 5.38. The van der Waals surface area contributed by atoms with Gasteiger partial charge in [-0.3, -0.25) is 4.79 Å². The number of aliphatic hydroxyl groups excluding tert-OH is 1. The molecule has 5 nitrogen and oxygen atoms in total. The van der Waals surface area contributed by atoms with Gasteiger partial charge in [-0.1, -0.05) is 0 Å². The second-order valence-corrected chi connectivity index (χ2v) is 3.33. The molecule has 0 aromatic rings. The van der Waals surface area contributed by atoms with E-state index in [-0.39, 0.29) is 18.6 Å². The van der Waals surface area contributed by atoms with Crippen LogP contribution in [0.5, 0.6) is 0 Å². The predicted octanol–water partition coefficient (Wildman–Crippen LogP) is -1.14. The molecule has 1 atom stereocenters. The number of amides is 1. The molecule has 1 rings (SSSR count). The van der Waals surface area contributed by atoms with Crippen LogP contribution in [0.4, 0.5) is 0 Å². The summed E-state index contributed by atoms with van der Waals surface area (Å²) in [4.78, 5) is 11.3. The molecule has 1 heterocycles. The lowest BCUT2D eigenvalue weighted by Crippen LogP contribution is -2.41. The number of ether oxygens (including phenoxy) is 1. The number of hydrogen-bond acceptors (Lipinski definition) is 4. The monoisotopic (exact) mass is 202 g/mol. The zero-order chi connectivity index (χ0) is 10.2. The van der Waals surface area contributed by atoms with Crippen LogP contribution >= 0.6 is 0 Å². The van der Waals surface area contributed by atoms with E-state index in [0.29, 0.717) is 26.0 Å². The number of aliphatic hydroxyl groups is 1. The van der Waals surface area contributed by atoms with Crippen molar-refractivity contribution in [1.29, 1.82) is 0 Å². The summed E-state index contributed by atoms with van der Waals surface area (Å²) in [5.41, 5.74) is 0. The Bertz CT molecular complexity index is 169. The fraction of sp³-hybridized carbons (Fsp3) is 0.889. The van der Waals surface area contributed by atoms with Crippen molar-refractivity contribution in [2.75, 3.05) is 32.8 Å². The van der Waals surface area contributed by atoms with Crippen molar-refractivity contribution in [3.05, 3.63) is 0 Å². The Labute approximate surface area is 83.8 Å². The molecule has 1 unspecified atom stereocenters. The Balaban J connectivity index is 2.06. The molecule has 0 aliphatic carbocycles. The van der Waals surface area contributed by atoms with Crippen molar-refractivity contribution >= 4 is 5.91 Å². The molecule has 0 spiro atoms. The molecule has 1 fully saturated rings. The SMILES string of the molecule is O=C(CC1CNCCO1)NCCCO. The largest absolute Gasteiger partial charge is 0.396 e. The van der Waals surface area contributed by atoms with Crippen LogP contribution in [0, 0.1) is 0 Å². The number of nitrogens with one attached hydrogen (secondary N) is 2. The van der Waals surface area contributed by atoms with E-state index < -0.39 is 0 Å². The van der Waals surface area contributed by atoms with Gasteiger partial charge in [-0.25, -0.2) is 0 Å². The highest BCUT2D eigenvalue weighted by Gasteiger charge is 2.16. The first kappa shape index (κ1) is 11.4. The fourth-order valence-electron chi connectivity index (χ4n) is 1.34. The third-order valence-corrected chi connectivity index (χ3v) is 2.07. The van der Waals surface area contributed by atoms with Crippen molar-refractivity contribution in [2.45, 2.75) is 18.9 Å². The van der Waals surface area contributed by atoms with Crippen LogP contribution in [-0.2, 0) is 9.53 Å². The summed E-state index contributed by atoms with van der Waals surface area (Å²) in [6.07, 6.45) is 1.01. The van der Waals surface area contributed by atoms with Crippen LogP contribution < -0.4 is 10.6 Å². The maximum absolute atomic E-state index is 11.3. The molecule has 3 N–H and O–H groups in total. The molecule has 82 valence electrons. The zero-order valence-electron chi connectivity index (χ0n) is 8.29.